The highest BCUT2D eigenvalue weighted by molar-refractivity contribution is 8.01. The lowest BCUT2D eigenvalue weighted by molar-refractivity contribution is -0.118. The second-order valence-corrected chi connectivity index (χ2v) is 6.85. The molecule has 0 aliphatic carbocycles. The molecule has 1 aromatic carbocycles. The highest BCUT2D eigenvalue weighted by atomic mass is 32.2. The first kappa shape index (κ1) is 17.3. The van der Waals surface area contributed by atoms with E-state index in [1.807, 2.05) is 0 Å². The van der Waals surface area contributed by atoms with E-state index in [1.54, 1.807) is 36.0 Å². The van der Waals surface area contributed by atoms with Crippen molar-refractivity contribution < 1.29 is 13.9 Å². The van der Waals surface area contributed by atoms with Crippen molar-refractivity contribution >= 4 is 29.0 Å². The smallest absolute Gasteiger partial charge is 0.230 e. The molecule has 0 aliphatic rings. The van der Waals surface area contributed by atoms with Crippen molar-refractivity contribution in [3.8, 4) is 11.6 Å². The zero-order valence-corrected chi connectivity index (χ0v) is 14.5. The monoisotopic (exact) mass is 376 g/mol. The van der Waals surface area contributed by atoms with Crippen molar-refractivity contribution in [2.75, 3.05) is 5.75 Å². The molecule has 0 radical (unpaired) electrons. The number of aromatic nitrogens is 3. The van der Waals surface area contributed by atoms with Crippen LogP contribution in [0.4, 0.5) is 4.39 Å². The number of halogens is 1. The third kappa shape index (κ3) is 5.23. The minimum absolute atomic E-state index is 0.138. The summed E-state index contributed by atoms with van der Waals surface area (Å²) in [6.45, 7) is 0.258. The Kier molecular flexibility index (Phi) is 5.91. The van der Waals surface area contributed by atoms with Crippen molar-refractivity contribution in [3.05, 3.63) is 59.5 Å². The number of hydrogen-bond donors (Lipinski definition) is 1. The van der Waals surface area contributed by atoms with E-state index in [0.29, 0.717) is 17.2 Å². The van der Waals surface area contributed by atoms with Crippen LogP contribution in [0.15, 0.2) is 52.4 Å². The van der Waals surface area contributed by atoms with Crippen LogP contribution in [0, 0.1) is 5.82 Å². The maximum Gasteiger partial charge on any atom is 0.230 e. The molecule has 0 bridgehead atoms. The summed E-state index contributed by atoms with van der Waals surface area (Å²) in [6, 6.07) is 9.34. The molecule has 6 nitrogen and oxygen atoms in total. The van der Waals surface area contributed by atoms with Gasteiger partial charge in [0.15, 0.2) is 4.34 Å². The molecule has 0 aliphatic heterocycles. The fraction of sp³-hybridized carbons (Fsp3) is 0.125. The van der Waals surface area contributed by atoms with E-state index in [1.165, 1.54) is 35.2 Å². The van der Waals surface area contributed by atoms with Crippen molar-refractivity contribution in [2.45, 2.75) is 10.9 Å². The Bertz CT molecular complexity index is 846. The summed E-state index contributed by atoms with van der Waals surface area (Å²) >= 11 is 2.71. The van der Waals surface area contributed by atoms with Gasteiger partial charge in [-0.05, 0) is 18.2 Å². The van der Waals surface area contributed by atoms with Crippen LogP contribution in [0.1, 0.15) is 5.56 Å². The lowest BCUT2D eigenvalue weighted by atomic mass is 10.2. The predicted molar refractivity (Wildman–Crippen MR) is 93.2 cm³/mol. The predicted octanol–water partition coefficient (Wildman–Crippen LogP) is 3.27. The molecule has 128 valence electrons. The summed E-state index contributed by atoms with van der Waals surface area (Å²) in [6.07, 6.45) is 1.57. The first-order chi connectivity index (χ1) is 12.2. The van der Waals surface area contributed by atoms with Gasteiger partial charge >= 0.3 is 0 Å². The summed E-state index contributed by atoms with van der Waals surface area (Å²) in [7, 11) is 0. The first-order valence-corrected chi connectivity index (χ1v) is 9.10. The van der Waals surface area contributed by atoms with E-state index in [0.717, 1.165) is 4.34 Å². The van der Waals surface area contributed by atoms with Gasteiger partial charge in [-0.25, -0.2) is 9.37 Å². The second-order valence-electron chi connectivity index (χ2n) is 4.80. The van der Waals surface area contributed by atoms with Crippen LogP contribution >= 0.6 is 23.1 Å². The summed E-state index contributed by atoms with van der Waals surface area (Å²) in [5.41, 5.74) is 2.31. The van der Waals surface area contributed by atoms with Crippen molar-refractivity contribution in [3.63, 3.8) is 0 Å². The Morgan fingerprint density at radius 1 is 1.32 bits per heavy atom. The number of carbonyl (C=O) groups is 1. The number of amides is 1. The van der Waals surface area contributed by atoms with Crippen LogP contribution in [0.5, 0.6) is 11.6 Å². The van der Waals surface area contributed by atoms with Gasteiger partial charge in [-0.3, -0.25) is 4.79 Å². The fourth-order valence-corrected chi connectivity index (χ4v) is 3.21. The number of pyridine rings is 1. The molecule has 3 aromatic rings. The summed E-state index contributed by atoms with van der Waals surface area (Å²) < 4.78 is 19.6. The van der Waals surface area contributed by atoms with E-state index < -0.39 is 5.82 Å². The number of rotatable bonds is 7. The molecule has 25 heavy (non-hydrogen) atoms. The third-order valence-corrected chi connectivity index (χ3v) is 4.86. The fourth-order valence-electron chi connectivity index (χ4n) is 1.89. The van der Waals surface area contributed by atoms with Crippen LogP contribution in [-0.4, -0.2) is 26.8 Å². The van der Waals surface area contributed by atoms with Gasteiger partial charge in [0.25, 0.3) is 0 Å². The number of hydrogen-bond acceptors (Lipinski definition) is 7. The van der Waals surface area contributed by atoms with E-state index >= 15 is 0 Å². The largest absolute Gasteiger partial charge is 0.439 e. The number of ether oxygens (including phenoxy) is 1. The SMILES string of the molecule is O=C(CSc1nncs1)NCc1cccnc1Oc1cccc(F)c1. The average Bonchev–Trinajstić information content (AvgIpc) is 3.13. The second kappa shape index (κ2) is 8.54. The van der Waals surface area contributed by atoms with Crippen molar-refractivity contribution in [1.29, 1.82) is 0 Å². The zero-order chi connectivity index (χ0) is 17.5. The van der Waals surface area contributed by atoms with Crippen LogP contribution in [0.3, 0.4) is 0 Å². The van der Waals surface area contributed by atoms with Crippen LogP contribution in [0.2, 0.25) is 0 Å². The standard InChI is InChI=1S/C16H13FN4O2S2/c17-12-4-1-5-13(7-12)23-15-11(3-2-6-18-15)8-19-14(22)9-24-16-21-20-10-25-16/h1-7,10H,8-9H2,(H,19,22). The molecule has 2 heterocycles. The molecular weight excluding hydrogens is 363 g/mol. The topological polar surface area (TPSA) is 77.0 Å². The van der Waals surface area contributed by atoms with E-state index in [-0.39, 0.29) is 18.2 Å². The molecule has 2 aromatic heterocycles. The van der Waals surface area contributed by atoms with E-state index in [4.69, 9.17) is 4.74 Å². The van der Waals surface area contributed by atoms with Crippen molar-refractivity contribution in [2.24, 2.45) is 0 Å². The number of thioether (sulfide) groups is 1. The normalized spacial score (nSPS) is 10.4. The Balaban J connectivity index is 1.58. The quantitative estimate of drug-likeness (QED) is 0.638. The van der Waals surface area contributed by atoms with Gasteiger partial charge in [0.2, 0.25) is 11.8 Å². The molecule has 0 atom stereocenters. The third-order valence-electron chi connectivity index (χ3n) is 3.00. The maximum atomic E-state index is 13.3. The van der Waals surface area contributed by atoms with Crippen molar-refractivity contribution in [1.82, 2.24) is 20.5 Å². The van der Waals surface area contributed by atoms with Gasteiger partial charge in [0.1, 0.15) is 17.1 Å². The van der Waals surface area contributed by atoms with Crippen LogP contribution < -0.4 is 10.1 Å². The Hall–Kier alpha value is -2.52. The zero-order valence-electron chi connectivity index (χ0n) is 12.9. The molecule has 0 unspecified atom stereocenters. The number of nitrogens with one attached hydrogen (secondary N) is 1. The van der Waals surface area contributed by atoms with Gasteiger partial charge in [0, 0.05) is 24.4 Å². The number of nitrogens with zero attached hydrogens (tertiary/aromatic N) is 3. The highest BCUT2D eigenvalue weighted by Gasteiger charge is 2.10. The molecule has 0 saturated heterocycles. The van der Waals surface area contributed by atoms with Gasteiger partial charge in [-0.15, -0.1) is 10.2 Å². The van der Waals surface area contributed by atoms with E-state index in [2.05, 4.69) is 20.5 Å². The number of carbonyl (C=O) groups excluding carboxylic acids is 1. The van der Waals surface area contributed by atoms with Gasteiger partial charge in [0.05, 0.1) is 5.75 Å². The first-order valence-electron chi connectivity index (χ1n) is 7.23. The molecule has 3 rings (SSSR count). The molecule has 0 saturated carbocycles. The summed E-state index contributed by atoms with van der Waals surface area (Å²) in [4.78, 5) is 16.1. The van der Waals surface area contributed by atoms with E-state index in [9.17, 15) is 9.18 Å². The average molecular weight is 376 g/mol. The highest BCUT2D eigenvalue weighted by Crippen LogP contribution is 2.23. The minimum atomic E-state index is -0.392. The number of benzene rings is 1. The lowest BCUT2D eigenvalue weighted by Crippen LogP contribution is -2.24. The molecule has 0 spiro atoms. The van der Waals surface area contributed by atoms with Gasteiger partial charge < -0.3 is 10.1 Å². The molecule has 1 N–H and O–H groups in total. The Labute approximate surface area is 151 Å². The maximum absolute atomic E-state index is 13.3. The molecular formula is C16H13FN4O2S2. The summed E-state index contributed by atoms with van der Waals surface area (Å²) in [5.74, 6) is 0.385. The Morgan fingerprint density at radius 2 is 2.24 bits per heavy atom. The molecule has 1 amide bonds. The molecule has 0 fully saturated rings. The lowest BCUT2D eigenvalue weighted by Gasteiger charge is -2.10. The molecule has 9 heteroatoms. The van der Waals surface area contributed by atoms with Crippen LogP contribution in [0.25, 0.3) is 0 Å². The van der Waals surface area contributed by atoms with Gasteiger partial charge in [-0.1, -0.05) is 35.2 Å². The van der Waals surface area contributed by atoms with Gasteiger partial charge in [-0.2, -0.15) is 0 Å². The summed E-state index contributed by atoms with van der Waals surface area (Å²) in [5, 5.41) is 10.4. The Morgan fingerprint density at radius 3 is 3.04 bits per heavy atom. The minimum Gasteiger partial charge on any atom is -0.439 e. The van der Waals surface area contributed by atoms with Crippen LogP contribution in [-0.2, 0) is 11.3 Å².